The summed E-state index contributed by atoms with van der Waals surface area (Å²) in [5.74, 6) is 0.374. The summed E-state index contributed by atoms with van der Waals surface area (Å²) in [6.07, 6.45) is 5.39. The number of carbonyl (C=O) groups excluding carboxylic acids is 1. The molecule has 0 radical (unpaired) electrons. The van der Waals surface area contributed by atoms with Gasteiger partial charge in [0.15, 0.2) is 5.78 Å². The second kappa shape index (κ2) is 3.33. The zero-order valence-corrected chi connectivity index (χ0v) is 10.2. The van der Waals surface area contributed by atoms with Gasteiger partial charge in [-0.1, -0.05) is 13.0 Å². The molecular weight excluding hydrogens is 212 g/mol. The standard InChI is InChI=1S/C15H14O2/c1-8-4-5-12(16)11-6-13-15(9(2)7-17-13)10(3)14(8)11/h4-8H,1-3H3. The van der Waals surface area contributed by atoms with E-state index in [4.69, 9.17) is 4.42 Å². The van der Waals surface area contributed by atoms with Gasteiger partial charge in [-0.3, -0.25) is 4.79 Å². The minimum absolute atomic E-state index is 0.0807. The van der Waals surface area contributed by atoms with Gasteiger partial charge in [0.2, 0.25) is 0 Å². The maximum absolute atomic E-state index is 11.9. The lowest BCUT2D eigenvalue weighted by molar-refractivity contribution is 0.104. The largest absolute Gasteiger partial charge is 0.464 e. The first-order chi connectivity index (χ1) is 8.09. The van der Waals surface area contributed by atoms with Crippen LogP contribution in [0, 0.1) is 13.8 Å². The van der Waals surface area contributed by atoms with E-state index < -0.39 is 0 Å². The van der Waals surface area contributed by atoms with Crippen molar-refractivity contribution in [2.24, 2.45) is 0 Å². The molecule has 2 nitrogen and oxygen atoms in total. The van der Waals surface area contributed by atoms with Gasteiger partial charge in [-0.05, 0) is 42.7 Å². The lowest BCUT2D eigenvalue weighted by atomic mass is 9.83. The van der Waals surface area contributed by atoms with Crippen molar-refractivity contribution in [3.05, 3.63) is 46.7 Å². The fourth-order valence-corrected chi connectivity index (χ4v) is 2.80. The maximum atomic E-state index is 11.9. The highest BCUT2D eigenvalue weighted by molar-refractivity contribution is 6.10. The quantitative estimate of drug-likeness (QED) is 0.681. The predicted molar refractivity (Wildman–Crippen MR) is 67.6 cm³/mol. The van der Waals surface area contributed by atoms with E-state index in [9.17, 15) is 4.79 Å². The smallest absolute Gasteiger partial charge is 0.185 e. The number of fused-ring (bicyclic) bond motifs is 2. The molecule has 17 heavy (non-hydrogen) atoms. The van der Waals surface area contributed by atoms with Gasteiger partial charge < -0.3 is 4.42 Å². The van der Waals surface area contributed by atoms with Gasteiger partial charge in [0.25, 0.3) is 0 Å². The number of benzene rings is 1. The summed E-state index contributed by atoms with van der Waals surface area (Å²) in [4.78, 5) is 11.9. The third-order valence-electron chi connectivity index (χ3n) is 3.61. The molecule has 0 aliphatic heterocycles. The van der Waals surface area contributed by atoms with Gasteiger partial charge in [0.05, 0.1) is 6.26 Å². The molecule has 0 N–H and O–H groups in total. The first-order valence-corrected chi connectivity index (χ1v) is 5.83. The first kappa shape index (κ1) is 10.3. The molecule has 0 bridgehead atoms. The Morgan fingerprint density at radius 3 is 2.82 bits per heavy atom. The normalized spacial score (nSPS) is 18.8. The SMILES string of the molecule is Cc1coc2cc3c(c(C)c12)C(C)C=CC3=O. The molecule has 1 atom stereocenters. The van der Waals surface area contributed by atoms with Crippen LogP contribution in [-0.2, 0) is 0 Å². The third-order valence-corrected chi connectivity index (χ3v) is 3.61. The van der Waals surface area contributed by atoms with Gasteiger partial charge in [-0.15, -0.1) is 0 Å². The minimum atomic E-state index is 0.0807. The van der Waals surface area contributed by atoms with Crippen LogP contribution in [0.2, 0.25) is 0 Å². The lowest BCUT2D eigenvalue weighted by Crippen LogP contribution is -2.10. The second-order valence-electron chi connectivity index (χ2n) is 4.77. The van der Waals surface area contributed by atoms with Crippen LogP contribution >= 0.6 is 0 Å². The Morgan fingerprint density at radius 1 is 1.29 bits per heavy atom. The first-order valence-electron chi connectivity index (χ1n) is 5.83. The van der Waals surface area contributed by atoms with E-state index in [1.165, 1.54) is 5.56 Å². The molecule has 1 aromatic carbocycles. The van der Waals surface area contributed by atoms with Crippen LogP contribution in [0.3, 0.4) is 0 Å². The van der Waals surface area contributed by atoms with E-state index in [1.54, 1.807) is 12.3 Å². The average Bonchev–Trinajstić information content (AvgIpc) is 2.66. The Hall–Kier alpha value is -1.83. The Labute approximate surface area is 99.9 Å². The molecule has 2 heteroatoms. The summed E-state index contributed by atoms with van der Waals surface area (Å²) >= 11 is 0. The highest BCUT2D eigenvalue weighted by Gasteiger charge is 2.23. The maximum Gasteiger partial charge on any atom is 0.185 e. The summed E-state index contributed by atoms with van der Waals surface area (Å²) in [5.41, 5.74) is 5.06. The van der Waals surface area contributed by atoms with E-state index in [1.807, 2.05) is 19.1 Å². The fourth-order valence-electron chi connectivity index (χ4n) is 2.80. The number of carbonyl (C=O) groups is 1. The van der Waals surface area contributed by atoms with Crippen LogP contribution < -0.4 is 0 Å². The second-order valence-corrected chi connectivity index (χ2v) is 4.77. The molecule has 1 heterocycles. The number of hydrogen-bond acceptors (Lipinski definition) is 2. The molecule has 2 aromatic rings. The Kier molecular flexibility index (Phi) is 2.02. The van der Waals surface area contributed by atoms with Crippen molar-refractivity contribution in [1.82, 2.24) is 0 Å². The van der Waals surface area contributed by atoms with E-state index in [0.717, 1.165) is 27.7 Å². The zero-order valence-electron chi connectivity index (χ0n) is 10.2. The number of ketones is 1. The summed E-state index contributed by atoms with van der Waals surface area (Å²) in [7, 11) is 0. The average molecular weight is 226 g/mol. The molecule has 3 rings (SSSR count). The summed E-state index contributed by atoms with van der Waals surface area (Å²) in [6, 6.07) is 1.88. The van der Waals surface area contributed by atoms with E-state index >= 15 is 0 Å². The molecule has 1 aliphatic carbocycles. The van der Waals surface area contributed by atoms with Gasteiger partial charge in [-0.25, -0.2) is 0 Å². The van der Waals surface area contributed by atoms with Crippen molar-refractivity contribution in [2.45, 2.75) is 26.7 Å². The molecule has 0 amide bonds. The van der Waals surface area contributed by atoms with Crippen molar-refractivity contribution >= 4 is 16.8 Å². The molecule has 0 fully saturated rings. The number of furan rings is 1. The lowest BCUT2D eigenvalue weighted by Gasteiger charge is -2.19. The summed E-state index contributed by atoms with van der Waals surface area (Å²) in [5, 5.41) is 1.15. The van der Waals surface area contributed by atoms with Gasteiger partial charge in [0.1, 0.15) is 5.58 Å². The summed E-state index contributed by atoms with van der Waals surface area (Å²) < 4.78 is 5.50. The fraction of sp³-hybridized carbons (Fsp3) is 0.267. The monoisotopic (exact) mass is 226 g/mol. The number of rotatable bonds is 0. The van der Waals surface area contributed by atoms with Gasteiger partial charge >= 0.3 is 0 Å². The van der Waals surface area contributed by atoms with E-state index in [-0.39, 0.29) is 5.78 Å². The molecule has 0 saturated heterocycles. The Morgan fingerprint density at radius 2 is 2.06 bits per heavy atom. The van der Waals surface area contributed by atoms with Crippen molar-refractivity contribution in [3.8, 4) is 0 Å². The molecule has 1 unspecified atom stereocenters. The van der Waals surface area contributed by atoms with E-state index in [0.29, 0.717) is 5.92 Å². The van der Waals surface area contributed by atoms with Crippen LogP contribution in [-0.4, -0.2) is 5.78 Å². The highest BCUT2D eigenvalue weighted by Crippen LogP contribution is 2.36. The van der Waals surface area contributed by atoms with Crippen LogP contribution in [0.4, 0.5) is 0 Å². The van der Waals surface area contributed by atoms with Crippen LogP contribution in [0.5, 0.6) is 0 Å². The summed E-state index contributed by atoms with van der Waals surface area (Å²) in [6.45, 7) is 6.24. The molecular formula is C15H14O2. The van der Waals surface area contributed by atoms with Crippen molar-refractivity contribution in [2.75, 3.05) is 0 Å². The molecule has 0 spiro atoms. The molecule has 1 aromatic heterocycles. The minimum Gasteiger partial charge on any atom is -0.464 e. The Bertz CT molecular complexity index is 659. The van der Waals surface area contributed by atoms with Crippen molar-refractivity contribution in [3.63, 3.8) is 0 Å². The highest BCUT2D eigenvalue weighted by atomic mass is 16.3. The molecule has 1 aliphatic rings. The van der Waals surface area contributed by atoms with Gasteiger partial charge in [0, 0.05) is 16.9 Å². The van der Waals surface area contributed by atoms with Crippen LogP contribution in [0.1, 0.15) is 39.9 Å². The number of allylic oxidation sites excluding steroid dienone is 2. The predicted octanol–water partition coefficient (Wildman–Crippen LogP) is 3.91. The molecule has 0 saturated carbocycles. The number of hydrogen-bond donors (Lipinski definition) is 0. The third kappa shape index (κ3) is 1.30. The van der Waals surface area contributed by atoms with Gasteiger partial charge in [-0.2, -0.15) is 0 Å². The topological polar surface area (TPSA) is 30.2 Å². The van der Waals surface area contributed by atoms with E-state index in [2.05, 4.69) is 13.8 Å². The molecule has 86 valence electrons. The van der Waals surface area contributed by atoms with Crippen molar-refractivity contribution in [1.29, 1.82) is 0 Å². The zero-order chi connectivity index (χ0) is 12.2. The van der Waals surface area contributed by atoms with Crippen molar-refractivity contribution < 1.29 is 9.21 Å². The Balaban J connectivity index is 2.46. The van der Waals surface area contributed by atoms with Crippen LogP contribution in [0.15, 0.2) is 28.9 Å². The number of aryl methyl sites for hydroxylation is 2. The van der Waals surface area contributed by atoms with Crippen LogP contribution in [0.25, 0.3) is 11.0 Å².